The Morgan fingerprint density at radius 3 is 1.44 bits per heavy atom. The molecule has 0 bridgehead atoms. The van der Waals surface area contributed by atoms with E-state index >= 15 is 0 Å². The molecule has 232 valence electrons. The summed E-state index contributed by atoms with van der Waals surface area (Å²) in [4.78, 5) is 23.4. The lowest BCUT2D eigenvalue weighted by atomic mass is 10.0. The van der Waals surface area contributed by atoms with Crippen LogP contribution in [0.15, 0.2) is 0 Å². The van der Waals surface area contributed by atoms with Crippen LogP contribution < -0.4 is 0 Å². The predicted molar refractivity (Wildman–Crippen MR) is 89.0 cm³/mol. The first-order valence-electron chi connectivity index (χ1n) is 9.08. The molecule has 0 spiro atoms. The highest BCUT2D eigenvalue weighted by Crippen LogP contribution is 2.49. The van der Waals surface area contributed by atoms with Crippen molar-refractivity contribution in [1.29, 1.82) is 0 Å². The Kier molecular flexibility index (Phi) is 12.5. The van der Waals surface area contributed by atoms with Gasteiger partial charge in [0.1, 0.15) is 0 Å². The lowest BCUT2D eigenvalue weighted by Gasteiger charge is -2.32. The SMILES string of the molecule is O=C(CC(CSOOO)C(=O)OCC(F)(F)C(F)(F)C(F)(F)C(F)F)OCC(F)(F)C(F)(F)C(F)(F)C(F)F. The predicted octanol–water partition coefficient (Wildman–Crippen LogP) is 5.49. The number of hydrogen-bond donors (Lipinski definition) is 1. The van der Waals surface area contributed by atoms with Crippen molar-refractivity contribution in [2.24, 2.45) is 5.92 Å². The van der Waals surface area contributed by atoms with Crippen LogP contribution in [0.1, 0.15) is 6.42 Å². The van der Waals surface area contributed by atoms with Gasteiger partial charge < -0.3 is 9.47 Å². The van der Waals surface area contributed by atoms with Crippen LogP contribution >= 0.6 is 12.0 Å². The van der Waals surface area contributed by atoms with E-state index in [0.717, 1.165) is 0 Å². The number of hydrogen-bond acceptors (Lipinski definition) is 8. The first-order valence-corrected chi connectivity index (χ1v) is 9.99. The smallest absolute Gasteiger partial charge is 0.381 e. The first-order chi connectivity index (χ1) is 17.3. The molecular formula is C15H12F16O7S. The summed E-state index contributed by atoms with van der Waals surface area (Å²) in [5.41, 5.74) is 0. The van der Waals surface area contributed by atoms with Gasteiger partial charge in [-0.15, -0.1) is 4.33 Å². The van der Waals surface area contributed by atoms with E-state index in [9.17, 15) is 79.8 Å². The maximum Gasteiger partial charge on any atom is 0.381 e. The van der Waals surface area contributed by atoms with E-state index in [1.807, 2.05) is 0 Å². The van der Waals surface area contributed by atoms with E-state index in [1.165, 1.54) is 0 Å². The van der Waals surface area contributed by atoms with Crippen LogP contribution in [-0.4, -0.2) is 84.5 Å². The zero-order chi connectivity index (χ0) is 31.3. The Labute approximate surface area is 208 Å². The third kappa shape index (κ3) is 8.28. The molecule has 0 aliphatic heterocycles. The molecule has 7 nitrogen and oxygen atoms in total. The van der Waals surface area contributed by atoms with E-state index < -0.39 is 91.6 Å². The van der Waals surface area contributed by atoms with Crippen LogP contribution in [0.25, 0.3) is 0 Å². The van der Waals surface area contributed by atoms with E-state index in [1.54, 1.807) is 0 Å². The summed E-state index contributed by atoms with van der Waals surface area (Å²) < 4.78 is 217. The van der Waals surface area contributed by atoms with Crippen molar-refractivity contribution >= 4 is 24.0 Å². The molecule has 39 heavy (non-hydrogen) atoms. The molecule has 1 unspecified atom stereocenters. The van der Waals surface area contributed by atoms with Gasteiger partial charge in [0.05, 0.1) is 12.3 Å². The molecule has 0 amide bonds. The fourth-order valence-corrected chi connectivity index (χ4v) is 2.51. The highest BCUT2D eigenvalue weighted by Gasteiger charge is 2.76. The summed E-state index contributed by atoms with van der Waals surface area (Å²) in [5.74, 6) is -47.6. The molecule has 1 N–H and O–H groups in total. The van der Waals surface area contributed by atoms with Gasteiger partial charge in [-0.3, -0.25) is 9.59 Å². The molecule has 0 aromatic heterocycles. The van der Waals surface area contributed by atoms with Gasteiger partial charge in [-0.05, 0) is 0 Å². The molecule has 0 aromatic carbocycles. The van der Waals surface area contributed by atoms with E-state index in [2.05, 4.69) is 18.8 Å². The number of esters is 2. The molecule has 0 aliphatic carbocycles. The van der Waals surface area contributed by atoms with Crippen molar-refractivity contribution in [1.82, 2.24) is 0 Å². The van der Waals surface area contributed by atoms with Crippen molar-refractivity contribution < 1.29 is 104 Å². The van der Waals surface area contributed by atoms with Gasteiger partial charge in [0.25, 0.3) is 0 Å². The second-order valence-electron chi connectivity index (χ2n) is 7.00. The Bertz CT molecular complexity index is 826. The zero-order valence-electron chi connectivity index (χ0n) is 17.9. The number of alkyl halides is 16. The topological polar surface area (TPSA) is 91.3 Å². The highest BCUT2D eigenvalue weighted by molar-refractivity contribution is 7.94. The normalized spacial score (nSPS) is 15.1. The van der Waals surface area contributed by atoms with Gasteiger partial charge in [0.15, 0.2) is 13.2 Å². The summed E-state index contributed by atoms with van der Waals surface area (Å²) in [6.45, 7) is -6.11. The van der Waals surface area contributed by atoms with Crippen molar-refractivity contribution in [3.8, 4) is 0 Å². The van der Waals surface area contributed by atoms with E-state index in [4.69, 9.17) is 5.26 Å². The van der Waals surface area contributed by atoms with Crippen LogP contribution in [0.4, 0.5) is 70.2 Å². The summed E-state index contributed by atoms with van der Waals surface area (Å²) in [5, 5.41) is 10.9. The standard InChI is InChI=1S/C15H12F16O7S/c16-8(17)12(24,25)14(28,29)10(20,21)3-35-6(32)1-5(2-39-38-37-34)7(33)36-4-11(22,23)15(30,31)13(26,27)9(18)19/h5,8-9,34H,1-4H2. The van der Waals surface area contributed by atoms with Gasteiger partial charge in [0.2, 0.25) is 0 Å². The van der Waals surface area contributed by atoms with Crippen molar-refractivity contribution in [3.05, 3.63) is 0 Å². The van der Waals surface area contributed by atoms with E-state index in [0.29, 0.717) is 0 Å². The van der Waals surface area contributed by atoms with Crippen molar-refractivity contribution in [2.75, 3.05) is 19.0 Å². The zero-order valence-corrected chi connectivity index (χ0v) is 18.7. The summed E-state index contributed by atoms with van der Waals surface area (Å²) in [6.07, 6.45) is -12.4. The number of carbonyl (C=O) groups excluding carboxylic acids is 2. The van der Waals surface area contributed by atoms with Crippen LogP contribution in [0.5, 0.6) is 0 Å². The summed E-state index contributed by atoms with van der Waals surface area (Å²) in [6, 6.07) is 0. The molecule has 0 aliphatic rings. The second-order valence-corrected chi connectivity index (χ2v) is 7.71. The average Bonchev–Trinajstić information content (AvgIpc) is 2.79. The van der Waals surface area contributed by atoms with Gasteiger partial charge in [-0.1, -0.05) is 5.04 Å². The quantitative estimate of drug-likeness (QED) is 0.0558. The summed E-state index contributed by atoms with van der Waals surface area (Å²) in [7, 11) is 0. The van der Waals surface area contributed by atoms with Crippen molar-refractivity contribution in [3.63, 3.8) is 0 Å². The lowest BCUT2D eigenvalue weighted by molar-refractivity contribution is -0.432. The molecule has 0 saturated heterocycles. The van der Waals surface area contributed by atoms with Gasteiger partial charge in [-0.2, -0.15) is 52.7 Å². The molecule has 0 fully saturated rings. The van der Waals surface area contributed by atoms with Crippen LogP contribution in [0.2, 0.25) is 0 Å². The third-order valence-corrected chi connectivity index (χ3v) is 4.90. The number of rotatable bonds is 17. The second kappa shape index (κ2) is 13.1. The molecule has 0 heterocycles. The van der Waals surface area contributed by atoms with Gasteiger partial charge in [-0.25, -0.2) is 22.8 Å². The molecule has 0 radical (unpaired) electrons. The highest BCUT2D eigenvalue weighted by atomic mass is 32.2. The maximum absolute atomic E-state index is 13.5. The van der Waals surface area contributed by atoms with Crippen LogP contribution in [-0.2, 0) is 28.4 Å². The molecule has 0 aromatic rings. The molecule has 24 heteroatoms. The number of ether oxygens (including phenoxy) is 2. The number of carbonyl (C=O) groups is 2. The monoisotopic (exact) mass is 640 g/mol. The van der Waals surface area contributed by atoms with Crippen LogP contribution in [0.3, 0.4) is 0 Å². The largest absolute Gasteiger partial charge is 0.459 e. The Morgan fingerprint density at radius 2 is 1.08 bits per heavy atom. The summed E-state index contributed by atoms with van der Waals surface area (Å²) >= 11 is -0.273. The Hall–Kier alpha value is -1.95. The van der Waals surface area contributed by atoms with Gasteiger partial charge in [0, 0.05) is 17.8 Å². The fourth-order valence-electron chi connectivity index (χ4n) is 2.00. The minimum atomic E-state index is -6.84. The maximum atomic E-state index is 13.5. The molecular weight excluding hydrogens is 628 g/mol. The fraction of sp³-hybridized carbons (Fsp3) is 0.867. The Balaban J connectivity index is 5.55. The third-order valence-electron chi connectivity index (χ3n) is 4.21. The van der Waals surface area contributed by atoms with Crippen molar-refractivity contribution in [2.45, 2.75) is 54.8 Å². The average molecular weight is 640 g/mol. The molecule has 0 rings (SSSR count). The molecule has 0 saturated carbocycles. The van der Waals surface area contributed by atoms with Gasteiger partial charge >= 0.3 is 60.3 Å². The van der Waals surface area contributed by atoms with Crippen LogP contribution in [0, 0.1) is 5.92 Å². The molecule has 1 atom stereocenters. The minimum Gasteiger partial charge on any atom is -0.459 e. The first kappa shape index (κ1) is 37.0. The number of halogens is 16. The van der Waals surface area contributed by atoms with E-state index in [-0.39, 0.29) is 12.0 Å². The minimum absolute atomic E-state index is 0.273. The Morgan fingerprint density at radius 1 is 0.692 bits per heavy atom. The lowest BCUT2D eigenvalue weighted by Crippen LogP contribution is -2.59.